The number of carbonyl (C=O) groups excluding carboxylic acids is 1. The number of amides is 1. The lowest BCUT2D eigenvalue weighted by Crippen LogP contribution is -2.41. The minimum absolute atomic E-state index is 0.161. The van der Waals surface area contributed by atoms with Crippen LogP contribution in [0.1, 0.15) is 12.5 Å². The fraction of sp³-hybridized carbons (Fsp3) is 0.467. The fourth-order valence-corrected chi connectivity index (χ4v) is 4.22. The topological polar surface area (TPSA) is 63.9 Å². The monoisotopic (exact) mass is 349 g/mol. The molecule has 0 spiro atoms. The third kappa shape index (κ3) is 3.87. The summed E-state index contributed by atoms with van der Waals surface area (Å²) < 4.78 is 1.69. The molecule has 1 fully saturated rings. The van der Waals surface area contributed by atoms with Crippen LogP contribution in [0.2, 0.25) is 0 Å². The van der Waals surface area contributed by atoms with Gasteiger partial charge in [-0.3, -0.25) is 4.79 Å². The minimum Gasteiger partial charge on any atom is -0.340 e. The van der Waals surface area contributed by atoms with E-state index in [0.717, 1.165) is 35.8 Å². The number of rotatable bonds is 4. The average Bonchev–Trinajstić information content (AvgIpc) is 3.03. The Hall–Kier alpha value is -1.54. The molecule has 1 aliphatic rings. The highest BCUT2D eigenvalue weighted by atomic mass is 32.2. The first-order chi connectivity index (χ1) is 11.1. The maximum absolute atomic E-state index is 12.5. The van der Waals surface area contributed by atoms with Gasteiger partial charge in [0.25, 0.3) is 0 Å². The first-order valence-corrected chi connectivity index (χ1v) is 9.57. The lowest BCUT2D eigenvalue weighted by Gasteiger charge is -2.28. The maximum Gasteiger partial charge on any atom is 0.235 e. The molecule has 1 amide bonds. The lowest BCUT2D eigenvalue weighted by atomic mass is 10.2. The van der Waals surface area contributed by atoms with Crippen LogP contribution in [0.5, 0.6) is 0 Å². The van der Waals surface area contributed by atoms with Gasteiger partial charge in [-0.05, 0) is 42.0 Å². The van der Waals surface area contributed by atoms with Gasteiger partial charge in [0.05, 0.1) is 10.9 Å². The predicted octanol–water partition coefficient (Wildman–Crippen LogP) is 2.03. The molecule has 1 aromatic heterocycles. The summed E-state index contributed by atoms with van der Waals surface area (Å²) in [7, 11) is 0. The number of tetrazole rings is 1. The molecule has 1 aliphatic heterocycles. The quantitative estimate of drug-likeness (QED) is 0.787. The highest BCUT2D eigenvalue weighted by Gasteiger charge is 2.25. The second-order valence-corrected chi connectivity index (χ2v) is 7.94. The van der Waals surface area contributed by atoms with Gasteiger partial charge in [0.1, 0.15) is 0 Å². The maximum atomic E-state index is 12.5. The highest BCUT2D eigenvalue weighted by Crippen LogP contribution is 2.25. The number of benzene rings is 1. The van der Waals surface area contributed by atoms with E-state index in [1.165, 1.54) is 11.8 Å². The van der Waals surface area contributed by atoms with E-state index in [9.17, 15) is 4.79 Å². The zero-order chi connectivity index (χ0) is 16.2. The van der Waals surface area contributed by atoms with Gasteiger partial charge in [-0.1, -0.05) is 23.9 Å². The van der Waals surface area contributed by atoms with E-state index in [4.69, 9.17) is 0 Å². The van der Waals surface area contributed by atoms with Crippen molar-refractivity contribution in [1.82, 2.24) is 25.1 Å². The third-order valence-corrected chi connectivity index (χ3v) is 5.60. The predicted molar refractivity (Wildman–Crippen MR) is 93.1 cm³/mol. The Balaban J connectivity index is 1.73. The van der Waals surface area contributed by atoms with Crippen LogP contribution in [0, 0.1) is 6.92 Å². The zero-order valence-electron chi connectivity index (χ0n) is 13.2. The molecule has 8 heteroatoms. The van der Waals surface area contributed by atoms with Crippen molar-refractivity contribution in [1.29, 1.82) is 0 Å². The van der Waals surface area contributed by atoms with Crippen molar-refractivity contribution in [2.75, 3.05) is 24.6 Å². The van der Waals surface area contributed by atoms with Crippen molar-refractivity contribution in [3.63, 3.8) is 0 Å². The van der Waals surface area contributed by atoms with Crippen LogP contribution >= 0.6 is 23.5 Å². The molecule has 0 aliphatic carbocycles. The van der Waals surface area contributed by atoms with Crippen molar-refractivity contribution >= 4 is 29.4 Å². The summed E-state index contributed by atoms with van der Waals surface area (Å²) in [6.45, 7) is 5.61. The van der Waals surface area contributed by atoms with E-state index in [0.29, 0.717) is 5.16 Å². The first kappa shape index (κ1) is 16.3. The molecule has 122 valence electrons. The molecule has 1 aromatic carbocycles. The van der Waals surface area contributed by atoms with Gasteiger partial charge in [0, 0.05) is 24.6 Å². The Labute approximate surface area is 144 Å². The van der Waals surface area contributed by atoms with Crippen molar-refractivity contribution in [2.24, 2.45) is 0 Å². The minimum atomic E-state index is -0.201. The van der Waals surface area contributed by atoms with Crippen LogP contribution in [0.3, 0.4) is 0 Å². The van der Waals surface area contributed by atoms with Crippen molar-refractivity contribution < 1.29 is 4.79 Å². The summed E-state index contributed by atoms with van der Waals surface area (Å²) in [5, 5.41) is 12.3. The third-order valence-electron chi connectivity index (χ3n) is 3.64. The number of carbonyl (C=O) groups is 1. The number of thioether (sulfide) groups is 2. The molecule has 1 saturated heterocycles. The van der Waals surface area contributed by atoms with Gasteiger partial charge in [0.2, 0.25) is 11.1 Å². The average molecular weight is 349 g/mol. The Morgan fingerprint density at radius 3 is 2.87 bits per heavy atom. The molecule has 0 radical (unpaired) electrons. The molecule has 2 heterocycles. The first-order valence-electron chi connectivity index (χ1n) is 7.54. The zero-order valence-corrected chi connectivity index (χ0v) is 14.8. The summed E-state index contributed by atoms with van der Waals surface area (Å²) >= 11 is 3.31. The van der Waals surface area contributed by atoms with Crippen LogP contribution < -0.4 is 0 Å². The van der Waals surface area contributed by atoms with Gasteiger partial charge in [0.15, 0.2) is 0 Å². The summed E-state index contributed by atoms with van der Waals surface area (Å²) in [6.07, 6.45) is 0. The molecule has 0 saturated carbocycles. The van der Waals surface area contributed by atoms with Crippen LogP contribution in [-0.2, 0) is 4.79 Å². The Morgan fingerprint density at radius 1 is 1.35 bits per heavy atom. The normalized spacial score (nSPS) is 16.3. The van der Waals surface area contributed by atoms with Crippen molar-refractivity contribution in [2.45, 2.75) is 24.3 Å². The molecular weight excluding hydrogens is 330 g/mol. The van der Waals surface area contributed by atoms with E-state index in [1.807, 2.05) is 54.8 Å². The molecule has 2 aromatic rings. The fourth-order valence-electron chi connectivity index (χ4n) is 2.42. The van der Waals surface area contributed by atoms with Crippen LogP contribution in [0.4, 0.5) is 0 Å². The van der Waals surface area contributed by atoms with Crippen LogP contribution in [0.25, 0.3) is 5.69 Å². The van der Waals surface area contributed by atoms with E-state index in [2.05, 4.69) is 15.5 Å². The van der Waals surface area contributed by atoms with E-state index >= 15 is 0 Å². The smallest absolute Gasteiger partial charge is 0.235 e. The van der Waals surface area contributed by atoms with Gasteiger partial charge in [-0.25, -0.2) is 0 Å². The summed E-state index contributed by atoms with van der Waals surface area (Å²) in [4.78, 5) is 14.5. The molecule has 0 bridgehead atoms. The molecule has 6 nitrogen and oxygen atoms in total. The number of nitrogens with zero attached hydrogens (tertiary/aromatic N) is 5. The van der Waals surface area contributed by atoms with Gasteiger partial charge in [-0.2, -0.15) is 16.4 Å². The highest BCUT2D eigenvalue weighted by molar-refractivity contribution is 8.00. The van der Waals surface area contributed by atoms with E-state index in [-0.39, 0.29) is 11.2 Å². The molecule has 23 heavy (non-hydrogen) atoms. The van der Waals surface area contributed by atoms with Crippen LogP contribution in [-0.4, -0.2) is 60.9 Å². The van der Waals surface area contributed by atoms with Gasteiger partial charge >= 0.3 is 0 Å². The van der Waals surface area contributed by atoms with Gasteiger partial charge in [-0.15, -0.1) is 5.10 Å². The van der Waals surface area contributed by atoms with E-state index in [1.54, 1.807) is 4.68 Å². The largest absolute Gasteiger partial charge is 0.340 e. The standard InChI is InChI=1S/C15H19N5OS2/c1-11-4-3-5-13(10-11)20-15(16-17-18-20)23-12(2)14(21)19-6-8-22-9-7-19/h3-5,10,12H,6-9H2,1-2H3/t12-/m0/s1. The molecule has 0 N–H and O–H groups in total. The second-order valence-electron chi connectivity index (χ2n) is 5.41. The Kier molecular flexibility index (Phi) is 5.22. The number of aromatic nitrogens is 4. The van der Waals surface area contributed by atoms with Gasteiger partial charge < -0.3 is 4.90 Å². The summed E-state index contributed by atoms with van der Waals surface area (Å²) in [5.41, 5.74) is 2.05. The number of hydrogen-bond donors (Lipinski definition) is 0. The van der Waals surface area contributed by atoms with E-state index < -0.39 is 0 Å². The lowest BCUT2D eigenvalue weighted by molar-refractivity contribution is -0.129. The Bertz CT molecular complexity index is 684. The summed E-state index contributed by atoms with van der Waals surface area (Å²) in [6, 6.07) is 7.98. The van der Waals surface area contributed by atoms with Crippen molar-refractivity contribution in [3.05, 3.63) is 29.8 Å². The number of aryl methyl sites for hydroxylation is 1. The molecular formula is C15H19N5OS2. The number of hydrogen-bond acceptors (Lipinski definition) is 6. The van der Waals surface area contributed by atoms with Crippen LogP contribution in [0.15, 0.2) is 29.4 Å². The SMILES string of the molecule is Cc1cccc(-n2nnnc2S[C@@H](C)C(=O)N2CCSCC2)c1. The molecule has 3 rings (SSSR count). The Morgan fingerprint density at radius 2 is 2.13 bits per heavy atom. The molecule has 1 atom stereocenters. The summed E-state index contributed by atoms with van der Waals surface area (Å²) in [5.74, 6) is 2.20. The second kappa shape index (κ2) is 7.35. The molecule has 0 unspecified atom stereocenters. The van der Waals surface area contributed by atoms with Crippen molar-refractivity contribution in [3.8, 4) is 5.69 Å².